The van der Waals surface area contributed by atoms with Gasteiger partial charge in [-0.15, -0.1) is 0 Å². The van der Waals surface area contributed by atoms with E-state index in [0.717, 1.165) is 0 Å². The Kier molecular flexibility index (Phi) is 6.27. The molecular weight excluding hydrogens is 320 g/mol. The zero-order valence-corrected chi connectivity index (χ0v) is 12.0. The van der Waals surface area contributed by atoms with E-state index in [1.54, 1.807) is 0 Å². The van der Waals surface area contributed by atoms with Gasteiger partial charge in [-0.05, 0) is 0 Å². The minimum absolute atomic E-state index is 0.667. The van der Waals surface area contributed by atoms with Crippen molar-refractivity contribution >= 4 is 0 Å². The first kappa shape index (κ1) is 18.9. The number of hydrogen-bond donors (Lipinski definition) is 8. The van der Waals surface area contributed by atoms with Gasteiger partial charge >= 0.3 is 0 Å². The third kappa shape index (κ3) is 3.65. The van der Waals surface area contributed by atoms with Crippen molar-refractivity contribution < 1.29 is 55.1 Å². The predicted octanol–water partition coefficient (Wildman–Crippen LogP) is -5.40. The molecule has 0 radical (unpaired) electrons. The molecule has 0 aromatic rings. The summed E-state index contributed by atoms with van der Waals surface area (Å²) in [7, 11) is 0. The minimum Gasteiger partial charge on any atom is -0.394 e. The standard InChI is InChI=1S/C12H22O11/c13-1-3-5(15)6(16)9(19)12(22-3)23-10-4(2-14)21-11(20)8(18)7(10)17/h3-20H,1-2H2/t3-,4+,5+,6-,7+,8-,9-,10+,11+,12-/m0/s1. The molecule has 2 fully saturated rings. The second-order valence-corrected chi connectivity index (χ2v) is 5.53. The number of rotatable bonds is 4. The largest absolute Gasteiger partial charge is 0.394 e. The first-order chi connectivity index (χ1) is 10.8. The highest BCUT2D eigenvalue weighted by molar-refractivity contribution is 4.93. The number of hydrogen-bond acceptors (Lipinski definition) is 11. The summed E-state index contributed by atoms with van der Waals surface area (Å²) in [5, 5.41) is 76.5. The van der Waals surface area contributed by atoms with Crippen molar-refractivity contribution in [2.45, 2.75) is 61.4 Å². The summed E-state index contributed by atoms with van der Waals surface area (Å²) in [4.78, 5) is 0. The van der Waals surface area contributed by atoms with Crippen molar-refractivity contribution in [3.05, 3.63) is 0 Å². The van der Waals surface area contributed by atoms with Gasteiger partial charge < -0.3 is 55.1 Å². The smallest absolute Gasteiger partial charge is 0.187 e. The molecule has 2 heterocycles. The maximum atomic E-state index is 9.94. The summed E-state index contributed by atoms with van der Waals surface area (Å²) >= 11 is 0. The van der Waals surface area contributed by atoms with E-state index >= 15 is 0 Å². The average molecular weight is 342 g/mol. The normalized spacial score (nSPS) is 51.7. The van der Waals surface area contributed by atoms with E-state index in [1.807, 2.05) is 0 Å². The van der Waals surface area contributed by atoms with Gasteiger partial charge in [-0.2, -0.15) is 0 Å². The molecule has 0 amide bonds. The van der Waals surface area contributed by atoms with Crippen LogP contribution in [0.25, 0.3) is 0 Å². The highest BCUT2D eigenvalue weighted by Crippen LogP contribution is 2.28. The Bertz CT molecular complexity index is 378. The fourth-order valence-electron chi connectivity index (χ4n) is 2.57. The van der Waals surface area contributed by atoms with Gasteiger partial charge in [0.25, 0.3) is 0 Å². The Morgan fingerprint density at radius 1 is 0.652 bits per heavy atom. The first-order valence-corrected chi connectivity index (χ1v) is 7.08. The summed E-state index contributed by atoms with van der Waals surface area (Å²) < 4.78 is 15.3. The highest BCUT2D eigenvalue weighted by atomic mass is 16.7. The van der Waals surface area contributed by atoms with Crippen molar-refractivity contribution in [3.63, 3.8) is 0 Å². The molecule has 0 spiro atoms. The van der Waals surface area contributed by atoms with Gasteiger partial charge in [0.05, 0.1) is 13.2 Å². The van der Waals surface area contributed by atoms with Crippen LogP contribution in [0.2, 0.25) is 0 Å². The Labute approximate surface area is 130 Å². The van der Waals surface area contributed by atoms with E-state index in [9.17, 15) is 35.7 Å². The lowest BCUT2D eigenvalue weighted by Gasteiger charge is -2.45. The van der Waals surface area contributed by atoms with E-state index < -0.39 is 74.6 Å². The lowest BCUT2D eigenvalue weighted by atomic mass is 9.97. The summed E-state index contributed by atoms with van der Waals surface area (Å²) in [6.45, 7) is -1.35. The lowest BCUT2D eigenvalue weighted by Crippen LogP contribution is -2.64. The zero-order valence-electron chi connectivity index (χ0n) is 12.0. The topological polar surface area (TPSA) is 190 Å². The van der Waals surface area contributed by atoms with Gasteiger partial charge in [0.1, 0.15) is 48.8 Å². The van der Waals surface area contributed by atoms with Crippen LogP contribution >= 0.6 is 0 Å². The maximum absolute atomic E-state index is 9.94. The molecule has 0 aromatic carbocycles. The van der Waals surface area contributed by atoms with Gasteiger partial charge in [0.2, 0.25) is 0 Å². The van der Waals surface area contributed by atoms with Crippen molar-refractivity contribution in [3.8, 4) is 0 Å². The third-order valence-corrected chi connectivity index (χ3v) is 3.98. The van der Waals surface area contributed by atoms with E-state index in [0.29, 0.717) is 0 Å². The monoisotopic (exact) mass is 342 g/mol. The molecule has 0 aromatic heterocycles. The fourth-order valence-corrected chi connectivity index (χ4v) is 2.57. The maximum Gasteiger partial charge on any atom is 0.187 e. The van der Waals surface area contributed by atoms with Gasteiger partial charge in [-0.25, -0.2) is 0 Å². The molecule has 10 atom stereocenters. The highest BCUT2D eigenvalue weighted by Gasteiger charge is 2.50. The molecule has 11 nitrogen and oxygen atoms in total. The summed E-state index contributed by atoms with van der Waals surface area (Å²) in [5.41, 5.74) is 0. The van der Waals surface area contributed by atoms with Gasteiger partial charge in [0, 0.05) is 0 Å². The van der Waals surface area contributed by atoms with Crippen molar-refractivity contribution in [2.24, 2.45) is 0 Å². The van der Waals surface area contributed by atoms with Gasteiger partial charge in [-0.3, -0.25) is 0 Å². The van der Waals surface area contributed by atoms with Crippen LogP contribution in [0.4, 0.5) is 0 Å². The van der Waals surface area contributed by atoms with E-state index in [4.69, 9.17) is 19.3 Å². The van der Waals surface area contributed by atoms with Crippen LogP contribution < -0.4 is 0 Å². The van der Waals surface area contributed by atoms with Gasteiger partial charge in [0.15, 0.2) is 12.6 Å². The van der Waals surface area contributed by atoms with Crippen molar-refractivity contribution in [2.75, 3.05) is 13.2 Å². The van der Waals surface area contributed by atoms with Crippen LogP contribution in [0.5, 0.6) is 0 Å². The molecule has 2 rings (SSSR count). The third-order valence-electron chi connectivity index (χ3n) is 3.98. The minimum atomic E-state index is -1.74. The Balaban J connectivity index is 2.11. The quantitative estimate of drug-likeness (QED) is 0.243. The SMILES string of the molecule is OC[C@@H]1O[C@@H](O[C@H]2[C@H](O)[C@H](O)[C@H](O)O[C@@H]2CO)[C@@H](O)[C@@H](O)[C@@H]1O. The van der Waals surface area contributed by atoms with Crippen molar-refractivity contribution in [1.82, 2.24) is 0 Å². The zero-order chi connectivity index (χ0) is 17.3. The Hall–Kier alpha value is -0.440. The first-order valence-electron chi connectivity index (χ1n) is 7.08. The van der Waals surface area contributed by atoms with Crippen LogP contribution in [0, 0.1) is 0 Å². The molecule has 8 N–H and O–H groups in total. The lowest BCUT2D eigenvalue weighted by molar-refractivity contribution is -0.355. The Morgan fingerprint density at radius 3 is 1.83 bits per heavy atom. The molecule has 2 saturated heterocycles. The average Bonchev–Trinajstić information content (AvgIpc) is 2.55. The summed E-state index contributed by atoms with van der Waals surface area (Å²) in [5.74, 6) is 0. The molecule has 23 heavy (non-hydrogen) atoms. The van der Waals surface area contributed by atoms with Crippen molar-refractivity contribution in [1.29, 1.82) is 0 Å². The molecule has 0 aliphatic carbocycles. The molecular formula is C12H22O11. The van der Waals surface area contributed by atoms with E-state index in [1.165, 1.54) is 0 Å². The molecule has 136 valence electrons. The predicted molar refractivity (Wildman–Crippen MR) is 68.6 cm³/mol. The van der Waals surface area contributed by atoms with Crippen LogP contribution in [0.1, 0.15) is 0 Å². The number of aliphatic hydroxyl groups excluding tert-OH is 8. The van der Waals surface area contributed by atoms with Gasteiger partial charge in [-0.1, -0.05) is 0 Å². The Morgan fingerprint density at radius 2 is 1.26 bits per heavy atom. The number of aliphatic hydroxyl groups is 8. The molecule has 0 bridgehead atoms. The second kappa shape index (κ2) is 7.63. The summed E-state index contributed by atoms with van der Waals surface area (Å²) in [6, 6.07) is 0. The fraction of sp³-hybridized carbons (Fsp3) is 1.00. The summed E-state index contributed by atoms with van der Waals surface area (Å²) in [6.07, 6.45) is -15.6. The molecule has 0 saturated carbocycles. The second-order valence-electron chi connectivity index (χ2n) is 5.53. The number of ether oxygens (including phenoxy) is 3. The molecule has 0 unspecified atom stereocenters. The van der Waals surface area contributed by atoms with Crippen LogP contribution in [-0.4, -0.2) is 115 Å². The van der Waals surface area contributed by atoms with E-state index in [-0.39, 0.29) is 0 Å². The molecule has 2 aliphatic rings. The molecule has 11 heteroatoms. The van der Waals surface area contributed by atoms with Crippen LogP contribution in [0.15, 0.2) is 0 Å². The van der Waals surface area contributed by atoms with Crippen LogP contribution in [-0.2, 0) is 14.2 Å². The molecule has 2 aliphatic heterocycles. The van der Waals surface area contributed by atoms with E-state index in [2.05, 4.69) is 0 Å². The van der Waals surface area contributed by atoms with Crippen LogP contribution in [0.3, 0.4) is 0 Å².